The van der Waals surface area contributed by atoms with Gasteiger partial charge < -0.3 is 5.11 Å². The van der Waals surface area contributed by atoms with Gasteiger partial charge in [-0.2, -0.15) is 5.26 Å². The van der Waals surface area contributed by atoms with Gasteiger partial charge in [0, 0.05) is 0 Å². The SMILES string of the molecule is CCc1ccc(C#N)c(C)c1C(=O)O. The molecule has 0 aliphatic carbocycles. The maximum absolute atomic E-state index is 11.0. The molecule has 0 aromatic heterocycles. The first-order valence-electron chi connectivity index (χ1n) is 4.37. The van der Waals surface area contributed by atoms with Crippen LogP contribution in [0.25, 0.3) is 0 Å². The van der Waals surface area contributed by atoms with E-state index in [0.29, 0.717) is 17.5 Å². The summed E-state index contributed by atoms with van der Waals surface area (Å²) in [6, 6.07) is 5.35. The summed E-state index contributed by atoms with van der Waals surface area (Å²) in [5.41, 5.74) is 2.03. The van der Waals surface area contributed by atoms with Crippen LogP contribution in [-0.2, 0) is 6.42 Å². The number of rotatable bonds is 2. The van der Waals surface area contributed by atoms with Crippen LogP contribution < -0.4 is 0 Å². The van der Waals surface area contributed by atoms with Crippen LogP contribution in [0.15, 0.2) is 12.1 Å². The van der Waals surface area contributed by atoms with Gasteiger partial charge in [-0.15, -0.1) is 0 Å². The minimum Gasteiger partial charge on any atom is -0.478 e. The van der Waals surface area contributed by atoms with E-state index in [9.17, 15) is 4.79 Å². The molecule has 0 fully saturated rings. The smallest absolute Gasteiger partial charge is 0.336 e. The Hall–Kier alpha value is -1.82. The van der Waals surface area contributed by atoms with Crippen molar-refractivity contribution in [1.29, 1.82) is 5.26 Å². The molecule has 3 nitrogen and oxygen atoms in total. The number of hydrogen-bond donors (Lipinski definition) is 1. The fraction of sp³-hybridized carbons (Fsp3) is 0.273. The van der Waals surface area contributed by atoms with Gasteiger partial charge in [-0.1, -0.05) is 13.0 Å². The Morgan fingerprint density at radius 1 is 1.57 bits per heavy atom. The molecule has 1 aromatic carbocycles. The fourth-order valence-electron chi connectivity index (χ4n) is 1.48. The van der Waals surface area contributed by atoms with E-state index in [2.05, 4.69) is 0 Å². The lowest BCUT2D eigenvalue weighted by Gasteiger charge is -2.07. The van der Waals surface area contributed by atoms with Crippen molar-refractivity contribution in [2.24, 2.45) is 0 Å². The first kappa shape index (κ1) is 10.3. The molecule has 0 spiro atoms. The van der Waals surface area contributed by atoms with E-state index in [0.717, 1.165) is 5.56 Å². The minimum atomic E-state index is -0.962. The summed E-state index contributed by atoms with van der Waals surface area (Å²) >= 11 is 0. The molecule has 0 bridgehead atoms. The predicted octanol–water partition coefficient (Wildman–Crippen LogP) is 2.13. The second-order valence-corrected chi connectivity index (χ2v) is 3.04. The number of benzene rings is 1. The van der Waals surface area contributed by atoms with Gasteiger partial charge in [0.25, 0.3) is 0 Å². The Balaban J connectivity index is 3.49. The van der Waals surface area contributed by atoms with Crippen LogP contribution in [0.2, 0.25) is 0 Å². The molecule has 3 heteroatoms. The van der Waals surface area contributed by atoms with Gasteiger partial charge in [0.05, 0.1) is 17.2 Å². The maximum atomic E-state index is 11.0. The lowest BCUT2D eigenvalue weighted by Crippen LogP contribution is -2.06. The number of carboxylic acid groups (broad SMARTS) is 1. The number of carbonyl (C=O) groups is 1. The van der Waals surface area contributed by atoms with Crippen molar-refractivity contribution >= 4 is 5.97 Å². The highest BCUT2D eigenvalue weighted by molar-refractivity contribution is 5.91. The molecule has 0 unspecified atom stereocenters. The Morgan fingerprint density at radius 3 is 2.64 bits per heavy atom. The molecule has 0 saturated carbocycles. The van der Waals surface area contributed by atoms with Crippen molar-refractivity contribution in [2.45, 2.75) is 20.3 Å². The second kappa shape index (κ2) is 3.93. The predicted molar refractivity (Wildman–Crippen MR) is 52.2 cm³/mol. The van der Waals surface area contributed by atoms with Gasteiger partial charge in [0.2, 0.25) is 0 Å². The van der Waals surface area contributed by atoms with Crippen LogP contribution in [0, 0.1) is 18.3 Å². The van der Waals surface area contributed by atoms with Crippen molar-refractivity contribution in [1.82, 2.24) is 0 Å². The molecule has 0 saturated heterocycles. The Labute approximate surface area is 82.6 Å². The van der Waals surface area contributed by atoms with Crippen molar-refractivity contribution in [3.63, 3.8) is 0 Å². The van der Waals surface area contributed by atoms with Crippen molar-refractivity contribution in [3.8, 4) is 6.07 Å². The van der Waals surface area contributed by atoms with Crippen LogP contribution in [0.4, 0.5) is 0 Å². The zero-order valence-electron chi connectivity index (χ0n) is 8.16. The van der Waals surface area contributed by atoms with Crippen LogP contribution in [-0.4, -0.2) is 11.1 Å². The molecule has 1 aromatic rings. The average Bonchev–Trinajstić information content (AvgIpc) is 2.16. The number of hydrogen-bond acceptors (Lipinski definition) is 2. The fourth-order valence-corrected chi connectivity index (χ4v) is 1.48. The first-order chi connectivity index (χ1) is 6.61. The molecule has 0 aliphatic heterocycles. The summed E-state index contributed by atoms with van der Waals surface area (Å²) in [6.07, 6.45) is 0.661. The highest BCUT2D eigenvalue weighted by Gasteiger charge is 2.14. The van der Waals surface area contributed by atoms with E-state index < -0.39 is 5.97 Å². The summed E-state index contributed by atoms with van der Waals surface area (Å²) < 4.78 is 0. The number of aryl methyl sites for hydroxylation is 1. The third kappa shape index (κ3) is 1.60. The molecule has 0 heterocycles. The zero-order chi connectivity index (χ0) is 10.7. The topological polar surface area (TPSA) is 61.1 Å². The maximum Gasteiger partial charge on any atom is 0.336 e. The van der Waals surface area contributed by atoms with Crippen LogP contribution >= 0.6 is 0 Å². The Kier molecular flexibility index (Phi) is 2.88. The summed E-state index contributed by atoms with van der Waals surface area (Å²) in [5, 5.41) is 17.7. The van der Waals surface area contributed by atoms with Gasteiger partial charge in [0.15, 0.2) is 0 Å². The van der Waals surface area contributed by atoms with E-state index in [1.807, 2.05) is 13.0 Å². The molecular formula is C11H11NO2. The van der Waals surface area contributed by atoms with Gasteiger partial charge in [-0.3, -0.25) is 0 Å². The largest absolute Gasteiger partial charge is 0.478 e. The third-order valence-electron chi connectivity index (χ3n) is 2.27. The van der Waals surface area contributed by atoms with Gasteiger partial charge in [-0.05, 0) is 30.5 Å². The van der Waals surface area contributed by atoms with Crippen molar-refractivity contribution < 1.29 is 9.90 Å². The van der Waals surface area contributed by atoms with Crippen LogP contribution in [0.1, 0.15) is 34.0 Å². The number of carboxylic acids is 1. The Morgan fingerprint density at radius 2 is 2.21 bits per heavy atom. The Bertz CT molecular complexity index is 416. The molecule has 1 rings (SSSR count). The number of nitrogens with zero attached hydrogens (tertiary/aromatic N) is 1. The lowest BCUT2D eigenvalue weighted by molar-refractivity contribution is 0.0695. The van der Waals surface area contributed by atoms with Crippen molar-refractivity contribution in [3.05, 3.63) is 34.4 Å². The summed E-state index contributed by atoms with van der Waals surface area (Å²) in [5.74, 6) is -0.962. The van der Waals surface area contributed by atoms with Crippen LogP contribution in [0.5, 0.6) is 0 Å². The van der Waals surface area contributed by atoms with E-state index in [4.69, 9.17) is 10.4 Å². The molecule has 0 amide bonds. The van der Waals surface area contributed by atoms with Crippen LogP contribution in [0.3, 0.4) is 0 Å². The lowest BCUT2D eigenvalue weighted by atomic mass is 9.96. The number of nitriles is 1. The second-order valence-electron chi connectivity index (χ2n) is 3.04. The quantitative estimate of drug-likeness (QED) is 0.775. The summed E-state index contributed by atoms with van der Waals surface area (Å²) in [6.45, 7) is 3.56. The summed E-state index contributed by atoms with van der Waals surface area (Å²) in [7, 11) is 0. The van der Waals surface area contributed by atoms with Gasteiger partial charge in [-0.25, -0.2) is 4.79 Å². The molecule has 0 aliphatic rings. The standard InChI is InChI=1S/C11H11NO2/c1-3-8-4-5-9(6-12)7(2)10(8)11(13)14/h4-5H,3H2,1-2H3,(H,13,14). The van der Waals surface area contributed by atoms with E-state index in [-0.39, 0.29) is 5.56 Å². The monoisotopic (exact) mass is 189 g/mol. The summed E-state index contributed by atoms with van der Waals surface area (Å²) in [4.78, 5) is 11.0. The van der Waals surface area contributed by atoms with E-state index in [1.54, 1.807) is 19.1 Å². The average molecular weight is 189 g/mol. The van der Waals surface area contributed by atoms with Gasteiger partial charge in [0.1, 0.15) is 0 Å². The molecular weight excluding hydrogens is 178 g/mol. The van der Waals surface area contributed by atoms with E-state index in [1.165, 1.54) is 0 Å². The molecule has 1 N–H and O–H groups in total. The third-order valence-corrected chi connectivity index (χ3v) is 2.27. The first-order valence-corrected chi connectivity index (χ1v) is 4.37. The zero-order valence-corrected chi connectivity index (χ0v) is 8.16. The molecule has 14 heavy (non-hydrogen) atoms. The van der Waals surface area contributed by atoms with Crippen molar-refractivity contribution in [2.75, 3.05) is 0 Å². The van der Waals surface area contributed by atoms with Gasteiger partial charge >= 0.3 is 5.97 Å². The highest BCUT2D eigenvalue weighted by Crippen LogP contribution is 2.18. The highest BCUT2D eigenvalue weighted by atomic mass is 16.4. The molecule has 72 valence electrons. The van der Waals surface area contributed by atoms with E-state index >= 15 is 0 Å². The minimum absolute atomic E-state index is 0.270. The molecule has 0 radical (unpaired) electrons. The number of aromatic carboxylic acids is 1. The normalized spacial score (nSPS) is 9.50. The molecule has 0 atom stereocenters.